The summed E-state index contributed by atoms with van der Waals surface area (Å²) in [7, 11) is 0. The molecule has 0 heterocycles. The van der Waals surface area contributed by atoms with E-state index < -0.39 is 23.3 Å². The van der Waals surface area contributed by atoms with E-state index in [0.717, 1.165) is 0 Å². The first-order chi connectivity index (χ1) is 6.56. The molecule has 0 aliphatic carbocycles. The summed E-state index contributed by atoms with van der Waals surface area (Å²) in [5, 5.41) is 36.0. The molecule has 0 saturated heterocycles. The van der Waals surface area contributed by atoms with Crippen molar-refractivity contribution in [1.82, 2.24) is 0 Å². The van der Waals surface area contributed by atoms with Crippen molar-refractivity contribution in [3.05, 3.63) is 17.7 Å². The van der Waals surface area contributed by atoms with Crippen LogP contribution in [0, 0.1) is 0 Å². The van der Waals surface area contributed by atoms with Gasteiger partial charge in [0.25, 0.3) is 0 Å². The lowest BCUT2D eigenvalue weighted by molar-refractivity contribution is 0.276. The van der Waals surface area contributed by atoms with Gasteiger partial charge >= 0.3 is 0 Å². The summed E-state index contributed by atoms with van der Waals surface area (Å²) in [5.74, 6) is -1.41. The molecule has 5 nitrogen and oxygen atoms in total. The van der Waals surface area contributed by atoms with Crippen LogP contribution in [-0.2, 0) is 0 Å². The van der Waals surface area contributed by atoms with Crippen molar-refractivity contribution in [2.24, 2.45) is 5.73 Å². The Morgan fingerprint density at radius 3 is 2.07 bits per heavy atom. The predicted molar refractivity (Wildman–Crippen MR) is 50.1 cm³/mol. The molecule has 1 rings (SSSR count). The summed E-state index contributed by atoms with van der Waals surface area (Å²) < 4.78 is 0. The van der Waals surface area contributed by atoms with Gasteiger partial charge in [-0.3, -0.25) is 0 Å². The Kier molecular flexibility index (Phi) is 3.16. The van der Waals surface area contributed by atoms with Crippen LogP contribution in [0.2, 0.25) is 0 Å². The van der Waals surface area contributed by atoms with Gasteiger partial charge in [-0.05, 0) is 24.1 Å². The molecule has 0 unspecified atom stereocenters. The molecule has 0 radical (unpaired) electrons. The highest BCUT2D eigenvalue weighted by molar-refractivity contribution is 5.51. The number of hydrogen-bond acceptors (Lipinski definition) is 5. The second kappa shape index (κ2) is 4.17. The van der Waals surface area contributed by atoms with Crippen molar-refractivity contribution < 1.29 is 20.4 Å². The van der Waals surface area contributed by atoms with E-state index >= 15 is 0 Å². The van der Waals surface area contributed by atoms with Crippen molar-refractivity contribution in [3.8, 4) is 17.2 Å². The predicted octanol–water partition coefficient (Wildman–Crippen LogP) is 0.186. The highest BCUT2D eigenvalue weighted by Gasteiger charge is 2.12. The number of phenolic OH excluding ortho intramolecular Hbond substituents is 3. The minimum atomic E-state index is -0.565. The van der Waals surface area contributed by atoms with E-state index in [9.17, 15) is 0 Å². The number of aromatic hydroxyl groups is 3. The molecule has 1 atom stereocenters. The number of aliphatic hydroxyl groups is 1. The van der Waals surface area contributed by atoms with E-state index in [1.54, 1.807) is 0 Å². The van der Waals surface area contributed by atoms with E-state index in [1.807, 2.05) is 0 Å². The summed E-state index contributed by atoms with van der Waals surface area (Å²) in [6.07, 6.45) is 0.323. The van der Waals surface area contributed by atoms with Crippen LogP contribution in [0.5, 0.6) is 17.2 Å². The number of phenols is 3. The molecule has 0 aliphatic rings. The number of nitrogens with two attached hydrogens (primary N) is 1. The fourth-order valence-electron chi connectivity index (χ4n) is 1.15. The Morgan fingerprint density at radius 2 is 1.64 bits per heavy atom. The molecular formula is C9H13NO4. The number of aliphatic hydroxyl groups excluding tert-OH is 1. The van der Waals surface area contributed by atoms with Crippen LogP contribution in [0.15, 0.2) is 12.1 Å². The molecule has 1 aromatic rings. The van der Waals surface area contributed by atoms with E-state index in [0.29, 0.717) is 12.0 Å². The van der Waals surface area contributed by atoms with Crippen molar-refractivity contribution in [2.75, 3.05) is 6.61 Å². The van der Waals surface area contributed by atoms with Gasteiger partial charge in [-0.2, -0.15) is 0 Å². The molecule has 0 spiro atoms. The van der Waals surface area contributed by atoms with Crippen LogP contribution in [0.1, 0.15) is 18.0 Å². The lowest BCUT2D eigenvalue weighted by Crippen LogP contribution is -2.11. The summed E-state index contributed by atoms with van der Waals surface area (Å²) in [6, 6.07) is 2.04. The lowest BCUT2D eigenvalue weighted by Gasteiger charge is -2.11. The van der Waals surface area contributed by atoms with Crippen LogP contribution >= 0.6 is 0 Å². The highest BCUT2D eigenvalue weighted by Crippen LogP contribution is 2.37. The van der Waals surface area contributed by atoms with Gasteiger partial charge in [0.05, 0.1) is 0 Å². The normalized spacial score (nSPS) is 12.7. The number of rotatable bonds is 3. The maximum Gasteiger partial charge on any atom is 0.200 e. The average molecular weight is 199 g/mol. The third-order valence-corrected chi connectivity index (χ3v) is 1.96. The summed E-state index contributed by atoms with van der Waals surface area (Å²) in [4.78, 5) is 0. The Hall–Kier alpha value is -1.46. The van der Waals surface area contributed by atoms with Gasteiger partial charge in [0.1, 0.15) is 0 Å². The van der Waals surface area contributed by atoms with E-state index in [4.69, 9.17) is 26.2 Å². The van der Waals surface area contributed by atoms with Gasteiger partial charge in [-0.25, -0.2) is 0 Å². The molecule has 0 fully saturated rings. The quantitative estimate of drug-likeness (QED) is 0.446. The van der Waals surface area contributed by atoms with Gasteiger partial charge in [0, 0.05) is 12.6 Å². The topological polar surface area (TPSA) is 107 Å². The van der Waals surface area contributed by atoms with E-state index in [2.05, 4.69) is 0 Å². The molecule has 0 aromatic heterocycles. The molecule has 0 aliphatic heterocycles. The molecule has 0 bridgehead atoms. The monoisotopic (exact) mass is 199 g/mol. The molecular weight excluding hydrogens is 186 g/mol. The standard InChI is InChI=1S/C9H13NO4/c10-6(1-2-11)5-3-7(12)9(14)8(13)4-5/h3-4,6,11-14H,1-2,10H2/t6-/m1/s1. The zero-order chi connectivity index (χ0) is 10.7. The van der Waals surface area contributed by atoms with Crippen LogP contribution < -0.4 is 5.73 Å². The van der Waals surface area contributed by atoms with Gasteiger partial charge in [-0.15, -0.1) is 0 Å². The minimum absolute atomic E-state index is 0.0798. The first-order valence-corrected chi connectivity index (χ1v) is 4.17. The van der Waals surface area contributed by atoms with Gasteiger partial charge in [0.15, 0.2) is 17.2 Å². The Morgan fingerprint density at radius 1 is 1.14 bits per heavy atom. The lowest BCUT2D eigenvalue weighted by atomic mass is 10.0. The average Bonchev–Trinajstić information content (AvgIpc) is 2.13. The molecule has 78 valence electrons. The molecule has 1 aromatic carbocycles. The second-order valence-electron chi connectivity index (χ2n) is 3.03. The van der Waals surface area contributed by atoms with Crippen molar-refractivity contribution in [3.63, 3.8) is 0 Å². The Labute approximate surface area is 81.0 Å². The molecule has 0 saturated carbocycles. The second-order valence-corrected chi connectivity index (χ2v) is 3.03. The summed E-state index contributed by atoms with van der Waals surface area (Å²) in [6.45, 7) is -0.0798. The smallest absolute Gasteiger partial charge is 0.200 e. The summed E-state index contributed by atoms with van der Waals surface area (Å²) >= 11 is 0. The third kappa shape index (κ3) is 2.07. The van der Waals surface area contributed by atoms with Crippen molar-refractivity contribution in [2.45, 2.75) is 12.5 Å². The first-order valence-electron chi connectivity index (χ1n) is 4.17. The van der Waals surface area contributed by atoms with Crippen LogP contribution in [-0.4, -0.2) is 27.0 Å². The maximum absolute atomic E-state index is 9.17. The Balaban J connectivity index is 3.00. The first kappa shape index (κ1) is 10.6. The minimum Gasteiger partial charge on any atom is -0.504 e. The van der Waals surface area contributed by atoms with Crippen molar-refractivity contribution in [1.29, 1.82) is 0 Å². The van der Waals surface area contributed by atoms with Gasteiger partial charge in [-0.1, -0.05) is 0 Å². The number of hydrogen-bond donors (Lipinski definition) is 5. The zero-order valence-electron chi connectivity index (χ0n) is 7.51. The SMILES string of the molecule is N[C@H](CCO)c1cc(O)c(O)c(O)c1. The molecule has 14 heavy (non-hydrogen) atoms. The molecule has 5 heteroatoms. The fourth-order valence-corrected chi connectivity index (χ4v) is 1.15. The largest absolute Gasteiger partial charge is 0.504 e. The van der Waals surface area contributed by atoms with Crippen LogP contribution in [0.4, 0.5) is 0 Å². The third-order valence-electron chi connectivity index (χ3n) is 1.96. The maximum atomic E-state index is 9.17. The Bertz CT molecular complexity index is 304. The summed E-state index contributed by atoms with van der Waals surface area (Å²) in [5.41, 5.74) is 6.09. The fraction of sp³-hybridized carbons (Fsp3) is 0.333. The van der Waals surface area contributed by atoms with Gasteiger partial charge in [0.2, 0.25) is 0 Å². The van der Waals surface area contributed by atoms with Crippen molar-refractivity contribution >= 4 is 0 Å². The number of benzene rings is 1. The molecule has 6 N–H and O–H groups in total. The van der Waals surface area contributed by atoms with E-state index in [1.165, 1.54) is 12.1 Å². The molecule has 0 amide bonds. The van der Waals surface area contributed by atoms with Gasteiger partial charge < -0.3 is 26.2 Å². The van der Waals surface area contributed by atoms with Crippen LogP contribution in [0.3, 0.4) is 0 Å². The zero-order valence-corrected chi connectivity index (χ0v) is 7.51. The van der Waals surface area contributed by atoms with Crippen LogP contribution in [0.25, 0.3) is 0 Å². The van der Waals surface area contributed by atoms with E-state index in [-0.39, 0.29) is 6.61 Å². The highest BCUT2D eigenvalue weighted by atomic mass is 16.3.